The number of hydrogen-bond donors (Lipinski definition) is 1. The van der Waals surface area contributed by atoms with Crippen LogP contribution in [0.4, 0.5) is 0 Å². The van der Waals surface area contributed by atoms with Gasteiger partial charge in [0.05, 0.1) is 5.52 Å². The molecule has 90 valence electrons. The maximum absolute atomic E-state index is 4.40. The summed E-state index contributed by atoms with van der Waals surface area (Å²) in [6, 6.07) is 12.4. The molecular weight excluding hydrogens is 337 g/mol. The number of aromatic amines is 1. The smallest absolute Gasteiger partial charge is 0.204 e. The first kappa shape index (κ1) is 11.6. The largest absolute Gasteiger partial charge is 0.277 e. The van der Waals surface area contributed by atoms with Crippen molar-refractivity contribution >= 4 is 33.5 Å². The lowest BCUT2D eigenvalue weighted by molar-refractivity contribution is -0.690. The Hall–Kier alpha value is -1.43. The van der Waals surface area contributed by atoms with Crippen LogP contribution in [0.3, 0.4) is 0 Å². The van der Waals surface area contributed by atoms with Crippen LogP contribution in [0.25, 0.3) is 22.2 Å². The molecule has 0 aliphatic heterocycles. The summed E-state index contributed by atoms with van der Waals surface area (Å²) < 4.78 is 2.62. The van der Waals surface area contributed by atoms with Gasteiger partial charge in [-0.15, -0.1) is 0 Å². The number of benzene rings is 1. The maximum Gasteiger partial charge on any atom is 0.204 e. The Bertz CT molecular complexity index is 671. The summed E-state index contributed by atoms with van der Waals surface area (Å²) in [7, 11) is 0. The minimum absolute atomic E-state index is 0.451. The third-order valence-corrected chi connectivity index (χ3v) is 3.65. The number of rotatable bonds is 2. The fourth-order valence-electron chi connectivity index (χ4n) is 2.02. The lowest BCUT2D eigenvalue weighted by Crippen LogP contribution is -2.32. The topological polar surface area (TPSA) is 32.6 Å². The highest BCUT2D eigenvalue weighted by atomic mass is 127. The van der Waals surface area contributed by atoms with Gasteiger partial charge >= 0.3 is 0 Å². The zero-order valence-corrected chi connectivity index (χ0v) is 12.1. The summed E-state index contributed by atoms with van der Waals surface area (Å²) in [5.41, 5.74) is 3.23. The zero-order chi connectivity index (χ0) is 12.5. The van der Waals surface area contributed by atoms with E-state index < -0.39 is 0 Å². The monoisotopic (exact) mass is 350 g/mol. The Morgan fingerprint density at radius 2 is 1.89 bits per heavy atom. The van der Waals surface area contributed by atoms with Gasteiger partial charge in [0.25, 0.3) is 0 Å². The number of fused-ring (bicyclic) bond motifs is 1. The first-order valence-corrected chi connectivity index (χ1v) is 7.08. The number of hydrogen-bond acceptors (Lipinski definition) is 1. The van der Waals surface area contributed by atoms with E-state index in [0.717, 1.165) is 22.2 Å². The van der Waals surface area contributed by atoms with E-state index in [4.69, 9.17) is 0 Å². The van der Waals surface area contributed by atoms with Crippen LogP contribution in [0.2, 0.25) is 0 Å². The summed E-state index contributed by atoms with van der Waals surface area (Å²) >= 11 is 2.39. The molecule has 3 aromatic rings. The molecule has 0 aliphatic carbocycles. The molecule has 2 aromatic heterocycles. The highest BCUT2D eigenvalue weighted by Gasteiger charge is 2.11. The van der Waals surface area contributed by atoms with Gasteiger partial charge in [-0.2, -0.15) is 9.67 Å². The maximum atomic E-state index is 4.40. The van der Waals surface area contributed by atoms with E-state index in [-0.39, 0.29) is 0 Å². The van der Waals surface area contributed by atoms with E-state index in [0.29, 0.717) is 4.05 Å². The minimum atomic E-state index is 0.451. The number of nitrogens with one attached hydrogen (secondary N) is 1. The number of pyridine rings is 1. The number of aromatic nitrogens is 3. The van der Waals surface area contributed by atoms with E-state index >= 15 is 0 Å². The van der Waals surface area contributed by atoms with E-state index in [1.54, 1.807) is 0 Å². The van der Waals surface area contributed by atoms with Gasteiger partial charge in [0.1, 0.15) is 5.69 Å². The summed E-state index contributed by atoms with van der Waals surface area (Å²) in [5.74, 6) is 0. The van der Waals surface area contributed by atoms with Crippen molar-refractivity contribution in [2.45, 2.75) is 11.0 Å². The minimum Gasteiger partial charge on any atom is -0.277 e. The first-order valence-electron chi connectivity index (χ1n) is 5.84. The molecule has 3 rings (SSSR count). The predicted octanol–water partition coefficient (Wildman–Crippen LogP) is 3.47. The molecule has 0 fully saturated rings. The molecule has 2 heterocycles. The van der Waals surface area contributed by atoms with Crippen LogP contribution in [0.15, 0.2) is 48.8 Å². The van der Waals surface area contributed by atoms with E-state index in [9.17, 15) is 0 Å². The summed E-state index contributed by atoms with van der Waals surface area (Å²) in [5, 5.41) is 8.63. The predicted molar refractivity (Wildman–Crippen MR) is 80.5 cm³/mol. The number of nitrogens with zero attached hydrogens (tertiary/aromatic N) is 2. The van der Waals surface area contributed by atoms with Crippen molar-refractivity contribution in [1.82, 2.24) is 10.2 Å². The van der Waals surface area contributed by atoms with Gasteiger partial charge in [0, 0.05) is 30.0 Å². The first-order chi connectivity index (χ1) is 8.75. The lowest BCUT2D eigenvalue weighted by Gasteiger charge is -2.00. The summed E-state index contributed by atoms with van der Waals surface area (Å²) in [6.07, 6.45) is 4.19. The Balaban J connectivity index is 2.09. The second-order valence-corrected chi connectivity index (χ2v) is 6.03. The van der Waals surface area contributed by atoms with E-state index in [1.807, 2.05) is 18.2 Å². The number of H-pyrrole nitrogens is 1. The second-order valence-electron chi connectivity index (χ2n) is 4.23. The lowest BCUT2D eigenvalue weighted by atomic mass is 10.1. The normalized spacial score (nSPS) is 12.8. The molecule has 0 spiro atoms. The summed E-state index contributed by atoms with van der Waals surface area (Å²) in [4.78, 5) is 0. The highest BCUT2D eigenvalue weighted by molar-refractivity contribution is 14.1. The molecule has 3 nitrogen and oxygen atoms in total. The molecular formula is C14H13IN3+. The number of halogens is 1. The van der Waals surface area contributed by atoms with Crippen LogP contribution in [0, 0.1) is 0 Å². The average molecular weight is 350 g/mol. The second kappa shape index (κ2) is 4.68. The van der Waals surface area contributed by atoms with Crippen LogP contribution < -0.4 is 4.57 Å². The van der Waals surface area contributed by atoms with Crippen molar-refractivity contribution < 1.29 is 4.57 Å². The standard InChI is InChI=1S/C14H12IN3/c1-10(15)18-8-6-11(7-9-18)14-12-4-2-3-5-13(12)16-17-14/h2-10H,1H3/p+1. The third kappa shape index (κ3) is 2.01. The van der Waals surface area contributed by atoms with Crippen LogP contribution in [0.1, 0.15) is 11.0 Å². The van der Waals surface area contributed by atoms with Gasteiger partial charge in [-0.1, -0.05) is 18.2 Å². The average Bonchev–Trinajstić information content (AvgIpc) is 2.82. The third-order valence-electron chi connectivity index (χ3n) is 3.01. The molecule has 0 bridgehead atoms. The SMILES string of the molecule is CC(I)[n+]1ccc(-c2n[nH]c3ccccc23)cc1. The Kier molecular flexibility index (Phi) is 3.03. The van der Waals surface area contributed by atoms with Gasteiger partial charge in [-0.25, -0.2) is 0 Å². The van der Waals surface area contributed by atoms with Crippen molar-refractivity contribution in [3.05, 3.63) is 48.8 Å². The van der Waals surface area contributed by atoms with Crippen molar-refractivity contribution in [2.75, 3.05) is 0 Å². The quantitative estimate of drug-likeness (QED) is 0.429. The molecule has 0 saturated carbocycles. The van der Waals surface area contributed by atoms with Crippen LogP contribution in [-0.2, 0) is 0 Å². The Morgan fingerprint density at radius 3 is 2.61 bits per heavy atom. The van der Waals surface area contributed by atoms with E-state index in [1.165, 1.54) is 0 Å². The molecule has 1 atom stereocenters. The van der Waals surface area contributed by atoms with Crippen LogP contribution in [-0.4, -0.2) is 10.2 Å². The van der Waals surface area contributed by atoms with Crippen molar-refractivity contribution in [3.63, 3.8) is 0 Å². The summed E-state index contributed by atoms with van der Waals surface area (Å²) in [6.45, 7) is 2.16. The van der Waals surface area contributed by atoms with Crippen molar-refractivity contribution in [1.29, 1.82) is 0 Å². The molecule has 1 aromatic carbocycles. The molecule has 0 aliphatic rings. The highest BCUT2D eigenvalue weighted by Crippen LogP contribution is 2.25. The van der Waals surface area contributed by atoms with Gasteiger partial charge in [-0.3, -0.25) is 5.10 Å². The van der Waals surface area contributed by atoms with Gasteiger partial charge in [0.15, 0.2) is 12.4 Å². The Labute approximate surface area is 119 Å². The molecule has 0 saturated heterocycles. The van der Waals surface area contributed by atoms with Crippen molar-refractivity contribution in [2.24, 2.45) is 0 Å². The van der Waals surface area contributed by atoms with E-state index in [2.05, 4.69) is 74.9 Å². The molecule has 1 unspecified atom stereocenters. The molecule has 0 radical (unpaired) electrons. The fourth-order valence-corrected chi connectivity index (χ4v) is 2.39. The molecule has 4 heteroatoms. The number of para-hydroxylation sites is 1. The number of alkyl halides is 1. The molecule has 18 heavy (non-hydrogen) atoms. The molecule has 0 amide bonds. The van der Waals surface area contributed by atoms with Crippen LogP contribution >= 0.6 is 22.6 Å². The van der Waals surface area contributed by atoms with Gasteiger partial charge < -0.3 is 0 Å². The fraction of sp³-hybridized carbons (Fsp3) is 0.143. The van der Waals surface area contributed by atoms with Gasteiger partial charge in [0.2, 0.25) is 4.05 Å². The molecule has 1 N–H and O–H groups in total. The van der Waals surface area contributed by atoms with Crippen molar-refractivity contribution in [3.8, 4) is 11.3 Å². The van der Waals surface area contributed by atoms with Crippen LogP contribution in [0.5, 0.6) is 0 Å². The Morgan fingerprint density at radius 1 is 1.17 bits per heavy atom. The zero-order valence-electron chi connectivity index (χ0n) is 9.97. The van der Waals surface area contributed by atoms with Gasteiger partial charge in [-0.05, 0) is 28.7 Å².